The molecule has 1 fully saturated rings. The normalized spacial score (nSPS) is 23.2. The minimum Gasteiger partial charge on any atom is -0.372 e. The number of carbonyl (C=O) groups is 1. The molecule has 5 heteroatoms. The van der Waals surface area contributed by atoms with Crippen molar-refractivity contribution in [2.75, 3.05) is 25.0 Å². The van der Waals surface area contributed by atoms with Crippen molar-refractivity contribution in [1.29, 1.82) is 0 Å². The highest BCUT2D eigenvalue weighted by atomic mass is 16.5. The van der Waals surface area contributed by atoms with Crippen molar-refractivity contribution < 1.29 is 9.53 Å². The van der Waals surface area contributed by atoms with Gasteiger partial charge >= 0.3 is 0 Å². The first-order chi connectivity index (χ1) is 9.10. The zero-order valence-electron chi connectivity index (χ0n) is 11.7. The Kier molecular flexibility index (Phi) is 4.37. The number of amides is 1. The summed E-state index contributed by atoms with van der Waals surface area (Å²) >= 11 is 0. The van der Waals surface area contributed by atoms with Gasteiger partial charge in [-0.3, -0.25) is 4.79 Å². The van der Waals surface area contributed by atoms with Gasteiger partial charge in [0.15, 0.2) is 0 Å². The van der Waals surface area contributed by atoms with E-state index in [1.165, 1.54) is 0 Å². The van der Waals surface area contributed by atoms with Crippen LogP contribution >= 0.6 is 0 Å². The Morgan fingerprint density at radius 3 is 2.63 bits per heavy atom. The predicted octanol–water partition coefficient (Wildman–Crippen LogP) is 1.76. The lowest BCUT2D eigenvalue weighted by Crippen LogP contribution is -2.48. The second kappa shape index (κ2) is 6.02. The lowest BCUT2D eigenvalue weighted by molar-refractivity contribution is -0.0586. The molecule has 1 aliphatic rings. The van der Waals surface area contributed by atoms with Crippen LogP contribution in [-0.4, -0.2) is 47.6 Å². The molecule has 1 aromatic rings. The number of pyridine rings is 1. The van der Waals surface area contributed by atoms with Crippen LogP contribution in [-0.2, 0) is 4.74 Å². The zero-order chi connectivity index (χ0) is 13.8. The van der Waals surface area contributed by atoms with Crippen LogP contribution in [0.15, 0.2) is 18.3 Å². The van der Waals surface area contributed by atoms with E-state index in [2.05, 4.69) is 10.3 Å². The molecule has 1 amide bonds. The molecule has 0 spiro atoms. The van der Waals surface area contributed by atoms with Crippen molar-refractivity contribution >= 4 is 11.7 Å². The molecule has 104 valence electrons. The van der Waals surface area contributed by atoms with Crippen LogP contribution in [0.1, 0.15) is 31.1 Å². The minimum atomic E-state index is 0.0255. The summed E-state index contributed by atoms with van der Waals surface area (Å²) in [5.74, 6) is 0.820. The van der Waals surface area contributed by atoms with Gasteiger partial charge in [0.2, 0.25) is 0 Å². The number of carbonyl (C=O) groups excluding carboxylic acids is 1. The van der Waals surface area contributed by atoms with Crippen molar-refractivity contribution in [3.05, 3.63) is 23.9 Å². The summed E-state index contributed by atoms with van der Waals surface area (Å²) in [6.45, 7) is 8.08. The molecule has 1 aliphatic heterocycles. The Hall–Kier alpha value is -1.62. The number of nitrogens with zero attached hydrogens (tertiary/aromatic N) is 2. The molecule has 0 radical (unpaired) electrons. The topological polar surface area (TPSA) is 54.5 Å². The summed E-state index contributed by atoms with van der Waals surface area (Å²) in [5.41, 5.74) is 0.628. The molecule has 2 rings (SSSR count). The van der Waals surface area contributed by atoms with E-state index in [-0.39, 0.29) is 18.1 Å². The molecule has 1 aromatic heterocycles. The Morgan fingerprint density at radius 1 is 1.42 bits per heavy atom. The van der Waals surface area contributed by atoms with E-state index >= 15 is 0 Å². The summed E-state index contributed by atoms with van der Waals surface area (Å²) in [6.07, 6.45) is 1.80. The number of hydrogen-bond donors (Lipinski definition) is 1. The number of hydrogen-bond acceptors (Lipinski definition) is 4. The second-order valence-electron chi connectivity index (χ2n) is 4.93. The summed E-state index contributed by atoms with van der Waals surface area (Å²) in [5, 5.41) is 3.11. The fraction of sp³-hybridized carbons (Fsp3) is 0.571. The third-order valence-electron chi connectivity index (χ3n) is 3.08. The maximum absolute atomic E-state index is 12.4. The first-order valence-corrected chi connectivity index (χ1v) is 6.74. The van der Waals surface area contributed by atoms with E-state index in [0.29, 0.717) is 18.7 Å². The molecule has 0 bridgehead atoms. The Morgan fingerprint density at radius 2 is 2.11 bits per heavy atom. The molecular weight excluding hydrogens is 242 g/mol. The molecule has 0 saturated carbocycles. The summed E-state index contributed by atoms with van der Waals surface area (Å²) in [4.78, 5) is 18.4. The molecule has 5 nitrogen and oxygen atoms in total. The van der Waals surface area contributed by atoms with Crippen molar-refractivity contribution in [2.45, 2.75) is 33.0 Å². The summed E-state index contributed by atoms with van der Waals surface area (Å²) < 4.78 is 5.63. The number of anilines is 1. The van der Waals surface area contributed by atoms with Crippen LogP contribution in [0.25, 0.3) is 0 Å². The lowest BCUT2D eigenvalue weighted by Gasteiger charge is -2.35. The zero-order valence-corrected chi connectivity index (χ0v) is 11.7. The van der Waals surface area contributed by atoms with Crippen molar-refractivity contribution in [3.8, 4) is 0 Å². The van der Waals surface area contributed by atoms with Gasteiger partial charge in [-0.25, -0.2) is 4.98 Å². The van der Waals surface area contributed by atoms with Crippen LogP contribution in [0.4, 0.5) is 5.82 Å². The quantitative estimate of drug-likeness (QED) is 0.903. The first kappa shape index (κ1) is 13.8. The highest BCUT2D eigenvalue weighted by molar-refractivity contribution is 5.94. The highest BCUT2D eigenvalue weighted by Crippen LogP contribution is 2.14. The summed E-state index contributed by atoms with van der Waals surface area (Å²) in [7, 11) is 0. The maximum atomic E-state index is 12.4. The molecule has 19 heavy (non-hydrogen) atoms. The largest absolute Gasteiger partial charge is 0.372 e. The second-order valence-corrected chi connectivity index (χ2v) is 4.93. The minimum absolute atomic E-state index is 0.0255. The molecule has 2 heterocycles. The molecule has 0 aromatic carbocycles. The third-order valence-corrected chi connectivity index (χ3v) is 3.08. The Labute approximate surface area is 114 Å². The van der Waals surface area contributed by atoms with Gasteiger partial charge in [0.25, 0.3) is 5.91 Å². The molecule has 0 aliphatic carbocycles. The van der Waals surface area contributed by atoms with E-state index in [0.717, 1.165) is 12.4 Å². The van der Waals surface area contributed by atoms with Crippen molar-refractivity contribution in [1.82, 2.24) is 9.88 Å². The average molecular weight is 263 g/mol. The monoisotopic (exact) mass is 263 g/mol. The first-order valence-electron chi connectivity index (χ1n) is 6.74. The van der Waals surface area contributed by atoms with E-state index in [4.69, 9.17) is 4.74 Å². The van der Waals surface area contributed by atoms with Crippen molar-refractivity contribution in [3.63, 3.8) is 0 Å². The van der Waals surface area contributed by atoms with Crippen LogP contribution in [0, 0.1) is 0 Å². The predicted molar refractivity (Wildman–Crippen MR) is 74.3 cm³/mol. The van der Waals surface area contributed by atoms with Crippen molar-refractivity contribution in [2.24, 2.45) is 0 Å². The molecule has 2 unspecified atom stereocenters. The van der Waals surface area contributed by atoms with Gasteiger partial charge in [0, 0.05) is 25.8 Å². The van der Waals surface area contributed by atoms with Gasteiger partial charge in [-0.1, -0.05) is 0 Å². The number of nitrogens with one attached hydrogen (secondary N) is 1. The van der Waals surface area contributed by atoms with Gasteiger partial charge in [0.1, 0.15) is 5.82 Å². The standard InChI is InChI=1S/C14H21N3O2/c1-4-15-13-6-5-12(7-16-13)14(18)17-8-10(2)19-11(3)9-17/h5-7,10-11H,4,8-9H2,1-3H3,(H,15,16). The fourth-order valence-corrected chi connectivity index (χ4v) is 2.33. The van der Waals surface area contributed by atoms with Gasteiger partial charge in [0.05, 0.1) is 17.8 Å². The van der Waals surface area contributed by atoms with E-state index in [1.54, 1.807) is 6.20 Å². The molecule has 2 atom stereocenters. The van der Waals surface area contributed by atoms with E-state index in [9.17, 15) is 4.79 Å². The average Bonchev–Trinajstić information content (AvgIpc) is 2.38. The van der Waals surface area contributed by atoms with Crippen LogP contribution < -0.4 is 5.32 Å². The van der Waals surface area contributed by atoms with E-state index in [1.807, 2.05) is 37.8 Å². The van der Waals surface area contributed by atoms with Crippen LogP contribution in [0.2, 0.25) is 0 Å². The smallest absolute Gasteiger partial charge is 0.255 e. The summed E-state index contributed by atoms with van der Waals surface area (Å²) in [6, 6.07) is 3.65. The maximum Gasteiger partial charge on any atom is 0.255 e. The lowest BCUT2D eigenvalue weighted by atomic mass is 10.2. The third kappa shape index (κ3) is 3.44. The number of ether oxygens (including phenoxy) is 1. The SMILES string of the molecule is CCNc1ccc(C(=O)N2CC(C)OC(C)C2)cn1. The Bertz CT molecular complexity index is 423. The Balaban J connectivity index is 2.06. The van der Waals surface area contributed by atoms with Gasteiger partial charge in [-0.05, 0) is 32.9 Å². The number of aromatic nitrogens is 1. The number of rotatable bonds is 3. The van der Waals surface area contributed by atoms with Gasteiger partial charge in [-0.2, -0.15) is 0 Å². The van der Waals surface area contributed by atoms with Gasteiger partial charge < -0.3 is 15.0 Å². The molecule has 1 N–H and O–H groups in total. The highest BCUT2D eigenvalue weighted by Gasteiger charge is 2.26. The fourth-order valence-electron chi connectivity index (χ4n) is 2.33. The van der Waals surface area contributed by atoms with Crippen LogP contribution in [0.5, 0.6) is 0 Å². The number of morpholine rings is 1. The van der Waals surface area contributed by atoms with Gasteiger partial charge in [-0.15, -0.1) is 0 Å². The molecule has 1 saturated heterocycles. The molecular formula is C14H21N3O2. The van der Waals surface area contributed by atoms with Crippen LogP contribution in [0.3, 0.4) is 0 Å². The van der Waals surface area contributed by atoms with E-state index < -0.39 is 0 Å².